The van der Waals surface area contributed by atoms with Crippen molar-refractivity contribution < 1.29 is 14.3 Å². The molecule has 4 nitrogen and oxygen atoms in total. The fourth-order valence-corrected chi connectivity index (χ4v) is 4.81. The third-order valence-corrected chi connectivity index (χ3v) is 6.17. The Bertz CT molecular complexity index is 803. The highest BCUT2D eigenvalue weighted by Crippen LogP contribution is 2.40. The van der Waals surface area contributed by atoms with E-state index in [0.29, 0.717) is 23.1 Å². The highest BCUT2D eigenvalue weighted by atomic mass is 35.5. The quantitative estimate of drug-likeness (QED) is 0.578. The van der Waals surface area contributed by atoms with E-state index in [2.05, 4.69) is 12.2 Å². The van der Waals surface area contributed by atoms with E-state index in [4.69, 9.17) is 16.3 Å². The van der Waals surface area contributed by atoms with Crippen LogP contribution in [0.15, 0.2) is 30.3 Å². The molecule has 0 saturated carbocycles. The summed E-state index contributed by atoms with van der Waals surface area (Å²) >= 11 is 7.80. The Morgan fingerprint density at radius 3 is 2.77 bits per heavy atom. The monoisotopic (exact) mass is 391 g/mol. The van der Waals surface area contributed by atoms with Crippen LogP contribution in [0.1, 0.15) is 52.0 Å². The normalized spacial score (nSPS) is 17.3. The Morgan fingerprint density at radius 2 is 2.08 bits per heavy atom. The number of hydrogen-bond acceptors (Lipinski definition) is 4. The van der Waals surface area contributed by atoms with Gasteiger partial charge in [0, 0.05) is 4.88 Å². The van der Waals surface area contributed by atoms with Gasteiger partial charge in [0.05, 0.1) is 12.2 Å². The number of ether oxygens (including phenoxy) is 1. The van der Waals surface area contributed by atoms with Gasteiger partial charge in [-0.05, 0) is 43.2 Å². The summed E-state index contributed by atoms with van der Waals surface area (Å²) in [6.07, 6.45) is 2.79. The standard InChI is InChI=1S/C20H22ClNO3S/c1-3-25-20(24)16-14-10-9-12(2)11-15(14)26-19(16)22-18(23)17(21)13-7-5-4-6-8-13/h4-8,12,17H,3,9-11H2,1-2H3,(H,22,23)/t12-,17-/m0/s1. The van der Waals surface area contributed by atoms with Gasteiger partial charge in [-0.25, -0.2) is 4.79 Å². The summed E-state index contributed by atoms with van der Waals surface area (Å²) in [5.41, 5.74) is 2.25. The molecule has 1 aromatic heterocycles. The zero-order valence-corrected chi connectivity index (χ0v) is 16.5. The number of fused-ring (bicyclic) bond motifs is 1. The third kappa shape index (κ3) is 3.94. The van der Waals surface area contributed by atoms with Crippen molar-refractivity contribution in [3.8, 4) is 0 Å². The predicted molar refractivity (Wildman–Crippen MR) is 105 cm³/mol. The van der Waals surface area contributed by atoms with Gasteiger partial charge in [-0.2, -0.15) is 0 Å². The average molecular weight is 392 g/mol. The van der Waals surface area contributed by atoms with Crippen molar-refractivity contribution in [3.63, 3.8) is 0 Å². The molecule has 0 aliphatic heterocycles. The van der Waals surface area contributed by atoms with Crippen molar-refractivity contribution in [2.45, 2.75) is 38.5 Å². The van der Waals surface area contributed by atoms with E-state index in [1.807, 2.05) is 30.3 Å². The molecule has 0 saturated heterocycles. The number of benzene rings is 1. The summed E-state index contributed by atoms with van der Waals surface area (Å²) in [6.45, 7) is 4.28. The summed E-state index contributed by atoms with van der Waals surface area (Å²) in [7, 11) is 0. The zero-order chi connectivity index (χ0) is 18.7. The van der Waals surface area contributed by atoms with Gasteiger partial charge in [-0.3, -0.25) is 4.79 Å². The minimum absolute atomic E-state index is 0.301. The lowest BCUT2D eigenvalue weighted by molar-refractivity contribution is -0.115. The number of alkyl halides is 1. The SMILES string of the molecule is CCOC(=O)c1c(NC(=O)[C@@H](Cl)c2ccccc2)sc2c1CC[C@H](C)C2. The van der Waals surface area contributed by atoms with Crippen molar-refractivity contribution in [1.82, 2.24) is 0 Å². The molecule has 26 heavy (non-hydrogen) atoms. The molecular formula is C20H22ClNO3S. The minimum Gasteiger partial charge on any atom is -0.462 e. The Hall–Kier alpha value is -1.85. The molecule has 2 atom stereocenters. The first kappa shape index (κ1) is 18.9. The van der Waals surface area contributed by atoms with Gasteiger partial charge in [-0.15, -0.1) is 22.9 Å². The Balaban J connectivity index is 1.89. The summed E-state index contributed by atoms with van der Waals surface area (Å²) in [4.78, 5) is 26.3. The van der Waals surface area contributed by atoms with Crippen LogP contribution in [0.3, 0.4) is 0 Å². The third-order valence-electron chi connectivity index (χ3n) is 4.55. The summed E-state index contributed by atoms with van der Waals surface area (Å²) in [6, 6.07) is 9.17. The van der Waals surface area contributed by atoms with Crippen LogP contribution in [0.4, 0.5) is 5.00 Å². The summed E-state index contributed by atoms with van der Waals surface area (Å²) in [5, 5.41) is 2.60. The van der Waals surface area contributed by atoms with E-state index in [-0.39, 0.29) is 11.9 Å². The van der Waals surface area contributed by atoms with Crippen molar-refractivity contribution in [2.24, 2.45) is 5.92 Å². The van der Waals surface area contributed by atoms with Crippen LogP contribution in [-0.2, 0) is 22.4 Å². The maximum absolute atomic E-state index is 12.6. The number of carbonyl (C=O) groups excluding carboxylic acids is 2. The predicted octanol–water partition coefficient (Wildman–Crippen LogP) is 4.97. The van der Waals surface area contributed by atoms with E-state index < -0.39 is 5.38 Å². The van der Waals surface area contributed by atoms with Gasteiger partial charge in [0.2, 0.25) is 5.91 Å². The number of halogens is 1. The number of anilines is 1. The fourth-order valence-electron chi connectivity index (χ4n) is 3.21. The molecule has 0 unspecified atom stereocenters. The second-order valence-electron chi connectivity index (χ2n) is 6.54. The van der Waals surface area contributed by atoms with Crippen molar-refractivity contribution in [2.75, 3.05) is 11.9 Å². The van der Waals surface area contributed by atoms with Crippen molar-refractivity contribution in [3.05, 3.63) is 51.9 Å². The van der Waals surface area contributed by atoms with Crippen LogP contribution in [0.2, 0.25) is 0 Å². The maximum Gasteiger partial charge on any atom is 0.341 e. The van der Waals surface area contributed by atoms with Gasteiger partial charge in [0.1, 0.15) is 10.4 Å². The van der Waals surface area contributed by atoms with Crippen molar-refractivity contribution >= 4 is 39.8 Å². The second kappa shape index (κ2) is 8.23. The highest BCUT2D eigenvalue weighted by molar-refractivity contribution is 7.17. The van der Waals surface area contributed by atoms with Crippen molar-refractivity contribution in [1.29, 1.82) is 0 Å². The molecule has 1 aliphatic rings. The Labute approximate surface area is 162 Å². The number of hydrogen-bond donors (Lipinski definition) is 1. The van der Waals surface area contributed by atoms with E-state index >= 15 is 0 Å². The smallest absolute Gasteiger partial charge is 0.341 e. The molecule has 1 N–H and O–H groups in total. The van der Waals surface area contributed by atoms with E-state index in [0.717, 1.165) is 35.3 Å². The van der Waals surface area contributed by atoms with Crippen LogP contribution >= 0.6 is 22.9 Å². The molecule has 1 aromatic carbocycles. The minimum atomic E-state index is -0.815. The summed E-state index contributed by atoms with van der Waals surface area (Å²) in [5.74, 6) is -0.138. The molecule has 0 bridgehead atoms. The lowest BCUT2D eigenvalue weighted by atomic mass is 9.88. The van der Waals surface area contributed by atoms with Gasteiger partial charge < -0.3 is 10.1 Å². The number of carbonyl (C=O) groups is 2. The van der Waals surface area contributed by atoms with E-state index in [1.54, 1.807) is 6.92 Å². The molecule has 1 heterocycles. The first-order valence-electron chi connectivity index (χ1n) is 8.82. The highest BCUT2D eigenvalue weighted by Gasteiger charge is 2.30. The number of esters is 1. The number of thiophene rings is 1. The van der Waals surface area contributed by atoms with Crippen LogP contribution in [0.5, 0.6) is 0 Å². The molecule has 3 rings (SSSR count). The molecule has 138 valence electrons. The van der Waals surface area contributed by atoms with Gasteiger partial charge in [0.25, 0.3) is 0 Å². The van der Waals surface area contributed by atoms with Crippen LogP contribution in [0.25, 0.3) is 0 Å². The lowest BCUT2D eigenvalue weighted by Gasteiger charge is -2.18. The van der Waals surface area contributed by atoms with Crippen LogP contribution in [0, 0.1) is 5.92 Å². The lowest BCUT2D eigenvalue weighted by Crippen LogP contribution is -2.19. The molecule has 0 radical (unpaired) electrons. The topological polar surface area (TPSA) is 55.4 Å². The molecular weight excluding hydrogens is 370 g/mol. The summed E-state index contributed by atoms with van der Waals surface area (Å²) < 4.78 is 5.23. The zero-order valence-electron chi connectivity index (χ0n) is 14.9. The molecule has 1 aliphatic carbocycles. The Morgan fingerprint density at radius 1 is 1.35 bits per heavy atom. The first-order chi connectivity index (χ1) is 12.5. The number of amides is 1. The van der Waals surface area contributed by atoms with E-state index in [1.165, 1.54) is 11.3 Å². The molecule has 6 heteroatoms. The van der Waals surface area contributed by atoms with Crippen LogP contribution in [-0.4, -0.2) is 18.5 Å². The van der Waals surface area contributed by atoms with Gasteiger partial charge in [-0.1, -0.05) is 37.3 Å². The maximum atomic E-state index is 12.6. The first-order valence-corrected chi connectivity index (χ1v) is 10.1. The largest absolute Gasteiger partial charge is 0.462 e. The number of nitrogens with one attached hydrogen (secondary N) is 1. The average Bonchev–Trinajstić information content (AvgIpc) is 2.98. The fraction of sp³-hybridized carbons (Fsp3) is 0.400. The second-order valence-corrected chi connectivity index (χ2v) is 8.08. The molecule has 0 spiro atoms. The van der Waals surface area contributed by atoms with Gasteiger partial charge in [0.15, 0.2) is 0 Å². The molecule has 1 amide bonds. The number of rotatable bonds is 5. The van der Waals surface area contributed by atoms with Gasteiger partial charge >= 0.3 is 5.97 Å². The van der Waals surface area contributed by atoms with E-state index in [9.17, 15) is 9.59 Å². The molecule has 0 fully saturated rings. The Kier molecular flexibility index (Phi) is 5.99. The molecule has 2 aromatic rings. The van der Waals surface area contributed by atoms with Crippen LogP contribution < -0.4 is 5.32 Å².